The second kappa shape index (κ2) is 5.13. The predicted molar refractivity (Wildman–Crippen MR) is 82.6 cm³/mol. The van der Waals surface area contributed by atoms with Gasteiger partial charge in [0.1, 0.15) is 0 Å². The van der Waals surface area contributed by atoms with Crippen molar-refractivity contribution < 1.29 is 0 Å². The lowest BCUT2D eigenvalue weighted by molar-refractivity contribution is -0.00977. The molecule has 0 saturated carbocycles. The summed E-state index contributed by atoms with van der Waals surface area (Å²) in [6, 6.07) is 0. The second-order valence-electron chi connectivity index (χ2n) is 9.20. The van der Waals surface area contributed by atoms with Crippen molar-refractivity contribution in [3.8, 4) is 0 Å². The Bertz CT molecular complexity index is 236. The van der Waals surface area contributed by atoms with E-state index in [2.05, 4.69) is 74.3 Å². The van der Waals surface area contributed by atoms with Crippen LogP contribution in [0.1, 0.15) is 75.2 Å². The molecule has 2 N–H and O–H groups in total. The maximum atomic E-state index is 6.58. The van der Waals surface area contributed by atoms with E-state index in [4.69, 9.17) is 5.73 Å². The predicted octanol–water partition coefficient (Wildman–Crippen LogP) is 4.24. The van der Waals surface area contributed by atoms with Crippen LogP contribution >= 0.6 is 0 Å². The van der Waals surface area contributed by atoms with E-state index in [1.807, 2.05) is 0 Å². The molecule has 0 spiro atoms. The largest absolute Gasteiger partial charge is 0.313 e. The highest BCUT2D eigenvalue weighted by Gasteiger charge is 2.39. The Morgan fingerprint density at radius 3 is 1.33 bits per heavy atom. The van der Waals surface area contributed by atoms with Gasteiger partial charge < -0.3 is 5.73 Å². The minimum atomic E-state index is -0.271. The first-order valence-electron chi connectivity index (χ1n) is 7.10. The summed E-state index contributed by atoms with van der Waals surface area (Å²) in [5, 5.41) is 0. The molecule has 0 aliphatic carbocycles. The van der Waals surface area contributed by atoms with Gasteiger partial charge in [0.05, 0.1) is 5.66 Å². The van der Waals surface area contributed by atoms with E-state index in [9.17, 15) is 0 Å². The molecule has 0 heterocycles. The average molecular weight is 256 g/mol. The molecule has 0 aromatic carbocycles. The van der Waals surface area contributed by atoms with E-state index in [-0.39, 0.29) is 16.6 Å². The van der Waals surface area contributed by atoms with Gasteiger partial charge in [-0.15, -0.1) is 0 Å². The third kappa shape index (κ3) is 6.19. The van der Waals surface area contributed by atoms with Crippen molar-refractivity contribution in [1.29, 1.82) is 0 Å². The first-order chi connectivity index (χ1) is 7.57. The average Bonchev–Trinajstić information content (AvgIpc) is 1.92. The zero-order valence-corrected chi connectivity index (χ0v) is 14.4. The number of nitrogens with zero attached hydrogens (tertiary/aromatic N) is 1. The summed E-state index contributed by atoms with van der Waals surface area (Å²) in [5.74, 6) is 0. The third-order valence-electron chi connectivity index (χ3n) is 3.53. The first-order valence-corrected chi connectivity index (χ1v) is 7.10. The molecule has 0 saturated heterocycles. The van der Waals surface area contributed by atoms with Gasteiger partial charge in [0.25, 0.3) is 0 Å². The summed E-state index contributed by atoms with van der Waals surface area (Å²) >= 11 is 0. The molecule has 0 bridgehead atoms. The van der Waals surface area contributed by atoms with E-state index in [0.717, 1.165) is 12.8 Å². The van der Waals surface area contributed by atoms with E-state index >= 15 is 0 Å². The number of rotatable bonds is 4. The monoisotopic (exact) mass is 256 g/mol. The molecule has 18 heavy (non-hydrogen) atoms. The quantitative estimate of drug-likeness (QED) is 0.762. The van der Waals surface area contributed by atoms with E-state index in [0.29, 0.717) is 5.41 Å². The van der Waals surface area contributed by atoms with Gasteiger partial charge in [0.15, 0.2) is 0 Å². The molecular formula is C16H36N2. The van der Waals surface area contributed by atoms with Crippen LogP contribution in [0.4, 0.5) is 0 Å². The van der Waals surface area contributed by atoms with Gasteiger partial charge in [0.2, 0.25) is 0 Å². The molecule has 2 heteroatoms. The number of hydrogen-bond acceptors (Lipinski definition) is 2. The molecular weight excluding hydrogens is 220 g/mol. The summed E-state index contributed by atoms with van der Waals surface area (Å²) < 4.78 is 0. The molecule has 0 fully saturated rings. The molecule has 0 aromatic heterocycles. The zero-order chi connectivity index (χ0) is 15.0. The fourth-order valence-electron chi connectivity index (χ4n) is 3.30. The van der Waals surface area contributed by atoms with E-state index in [1.165, 1.54) is 0 Å². The van der Waals surface area contributed by atoms with Crippen LogP contribution in [0.25, 0.3) is 0 Å². The topological polar surface area (TPSA) is 29.3 Å². The Balaban J connectivity index is 4.96. The molecule has 110 valence electrons. The van der Waals surface area contributed by atoms with E-state index < -0.39 is 0 Å². The van der Waals surface area contributed by atoms with Crippen LogP contribution in [-0.2, 0) is 0 Å². The Kier molecular flexibility index (Phi) is 5.10. The number of nitrogens with two attached hydrogens (primary N) is 1. The molecule has 0 rings (SSSR count). The summed E-state index contributed by atoms with van der Waals surface area (Å²) in [6.07, 6.45) is 2.12. The molecule has 0 aromatic rings. The maximum absolute atomic E-state index is 6.58. The smallest absolute Gasteiger partial charge is 0.0665 e. The van der Waals surface area contributed by atoms with Crippen LogP contribution in [-0.4, -0.2) is 23.1 Å². The van der Waals surface area contributed by atoms with Crippen molar-refractivity contribution >= 4 is 0 Å². The molecule has 0 radical (unpaired) electrons. The van der Waals surface area contributed by atoms with Gasteiger partial charge in [-0.25, -0.2) is 0 Å². The van der Waals surface area contributed by atoms with Gasteiger partial charge in [-0.3, -0.25) is 4.90 Å². The van der Waals surface area contributed by atoms with Crippen LogP contribution < -0.4 is 5.73 Å². The Morgan fingerprint density at radius 2 is 1.06 bits per heavy atom. The normalized spacial score (nSPS) is 18.0. The summed E-state index contributed by atoms with van der Waals surface area (Å²) in [7, 11) is 2.16. The van der Waals surface area contributed by atoms with Crippen LogP contribution in [0.2, 0.25) is 0 Å². The van der Waals surface area contributed by atoms with Gasteiger partial charge in [-0.1, -0.05) is 41.5 Å². The van der Waals surface area contributed by atoms with Crippen LogP contribution in [0.3, 0.4) is 0 Å². The summed E-state index contributed by atoms with van der Waals surface area (Å²) in [6.45, 7) is 20.4. The Hall–Kier alpha value is -0.0800. The molecule has 0 amide bonds. The second-order valence-corrected chi connectivity index (χ2v) is 9.20. The highest BCUT2D eigenvalue weighted by atomic mass is 15.3. The lowest BCUT2D eigenvalue weighted by Crippen LogP contribution is -2.61. The van der Waals surface area contributed by atoms with Gasteiger partial charge in [-0.2, -0.15) is 0 Å². The molecule has 2 nitrogen and oxygen atoms in total. The standard InChI is InChI=1S/C16H36N2/c1-13(2,3)11-15(7,8)18(10)16(9,17)12-14(4,5)6/h11-12,17H2,1-10H3. The van der Waals surface area contributed by atoms with Crippen LogP contribution in [0.15, 0.2) is 0 Å². The van der Waals surface area contributed by atoms with Crippen molar-refractivity contribution in [3.05, 3.63) is 0 Å². The van der Waals surface area contributed by atoms with Gasteiger partial charge >= 0.3 is 0 Å². The van der Waals surface area contributed by atoms with Crippen molar-refractivity contribution in [1.82, 2.24) is 4.90 Å². The lowest BCUT2D eigenvalue weighted by Gasteiger charge is -2.50. The minimum absolute atomic E-state index is 0.104. The number of hydrogen-bond donors (Lipinski definition) is 1. The van der Waals surface area contributed by atoms with Gasteiger partial charge in [-0.05, 0) is 51.5 Å². The maximum Gasteiger partial charge on any atom is 0.0665 e. The van der Waals surface area contributed by atoms with E-state index in [1.54, 1.807) is 0 Å². The third-order valence-corrected chi connectivity index (χ3v) is 3.53. The van der Waals surface area contributed by atoms with Gasteiger partial charge in [0, 0.05) is 5.54 Å². The molecule has 1 unspecified atom stereocenters. The SMILES string of the molecule is CN(C(C)(C)CC(C)(C)C)C(C)(N)CC(C)(C)C. The van der Waals surface area contributed by atoms with Crippen molar-refractivity contribution in [2.75, 3.05) is 7.05 Å². The van der Waals surface area contributed by atoms with Crippen molar-refractivity contribution in [2.24, 2.45) is 16.6 Å². The fraction of sp³-hybridized carbons (Fsp3) is 1.00. The minimum Gasteiger partial charge on any atom is -0.313 e. The summed E-state index contributed by atoms with van der Waals surface area (Å²) in [4.78, 5) is 2.36. The molecule has 0 aliphatic heterocycles. The molecule has 1 atom stereocenters. The van der Waals surface area contributed by atoms with Crippen LogP contribution in [0.5, 0.6) is 0 Å². The fourth-order valence-corrected chi connectivity index (χ4v) is 3.30. The van der Waals surface area contributed by atoms with Crippen LogP contribution in [0, 0.1) is 10.8 Å². The Labute approximate surface area is 115 Å². The van der Waals surface area contributed by atoms with Crippen molar-refractivity contribution in [3.63, 3.8) is 0 Å². The van der Waals surface area contributed by atoms with Crippen molar-refractivity contribution in [2.45, 2.75) is 86.4 Å². The summed E-state index contributed by atoms with van der Waals surface area (Å²) in [5.41, 5.74) is 6.97. The zero-order valence-electron chi connectivity index (χ0n) is 14.4. The first kappa shape index (κ1) is 17.9. The lowest BCUT2D eigenvalue weighted by atomic mass is 9.78. The highest BCUT2D eigenvalue weighted by Crippen LogP contribution is 2.36. The Morgan fingerprint density at radius 1 is 0.722 bits per heavy atom. The highest BCUT2D eigenvalue weighted by molar-refractivity contribution is 4.93. The molecule has 0 aliphatic rings.